The maximum atomic E-state index is 9.09. The molecule has 0 fully saturated rings. The average molecular weight is 240 g/mol. The van der Waals surface area contributed by atoms with Gasteiger partial charge in [0.05, 0.1) is 12.3 Å². The molecule has 1 aromatic heterocycles. The van der Waals surface area contributed by atoms with Crippen LogP contribution in [0.3, 0.4) is 0 Å². The van der Waals surface area contributed by atoms with E-state index in [4.69, 9.17) is 5.11 Å². The Balaban J connectivity index is 2.92. The van der Waals surface area contributed by atoms with Crippen LogP contribution in [0.4, 0.5) is 5.82 Å². The van der Waals surface area contributed by atoms with E-state index in [1.54, 1.807) is 0 Å². The summed E-state index contributed by atoms with van der Waals surface area (Å²) in [6.07, 6.45) is 0. The van der Waals surface area contributed by atoms with E-state index in [1.165, 1.54) is 5.56 Å². The Kier molecular flexibility index (Phi) is 4.96. The fourth-order valence-electron chi connectivity index (χ4n) is 2.06. The second-order valence-corrected chi connectivity index (χ2v) is 4.57. The highest BCUT2D eigenvalue weighted by Gasteiger charge is 2.17. The Hall–Kier alpha value is -1.07. The Labute approximate surface area is 103 Å². The van der Waals surface area contributed by atoms with Crippen molar-refractivity contribution in [1.29, 1.82) is 0 Å². The number of hydrogen-bond donors (Lipinski definition) is 2. The molecule has 0 aliphatic rings. The number of nitrogens with zero attached hydrogens (tertiary/aromatic N) is 3. The van der Waals surface area contributed by atoms with E-state index < -0.39 is 0 Å². The zero-order chi connectivity index (χ0) is 13.0. The number of aliphatic hydroxyl groups is 1. The molecule has 1 heterocycles. The van der Waals surface area contributed by atoms with E-state index in [-0.39, 0.29) is 6.61 Å². The predicted molar refractivity (Wildman–Crippen MR) is 70.1 cm³/mol. The van der Waals surface area contributed by atoms with Crippen molar-refractivity contribution in [3.05, 3.63) is 11.3 Å². The molecule has 0 unspecified atom stereocenters. The third-order valence-corrected chi connectivity index (χ3v) is 3.06. The van der Waals surface area contributed by atoms with E-state index in [2.05, 4.69) is 29.2 Å². The van der Waals surface area contributed by atoms with Crippen molar-refractivity contribution < 1.29 is 5.11 Å². The van der Waals surface area contributed by atoms with Crippen LogP contribution in [-0.2, 0) is 13.6 Å². The van der Waals surface area contributed by atoms with Crippen molar-refractivity contribution in [3.63, 3.8) is 0 Å². The predicted octanol–water partition coefficient (Wildman–Crippen LogP) is 0.973. The van der Waals surface area contributed by atoms with E-state index in [1.807, 2.05) is 25.7 Å². The van der Waals surface area contributed by atoms with Gasteiger partial charge in [-0.2, -0.15) is 5.10 Å². The summed E-state index contributed by atoms with van der Waals surface area (Å²) >= 11 is 0. The Morgan fingerprint density at radius 3 is 2.59 bits per heavy atom. The van der Waals surface area contributed by atoms with Gasteiger partial charge in [0.1, 0.15) is 5.82 Å². The Morgan fingerprint density at radius 1 is 1.47 bits per heavy atom. The minimum absolute atomic E-state index is 0.187. The van der Waals surface area contributed by atoms with Crippen LogP contribution in [0.1, 0.15) is 25.1 Å². The number of aromatic nitrogens is 2. The molecule has 0 bridgehead atoms. The van der Waals surface area contributed by atoms with Crippen LogP contribution >= 0.6 is 0 Å². The molecule has 0 aromatic carbocycles. The average Bonchev–Trinajstić information content (AvgIpc) is 2.52. The van der Waals surface area contributed by atoms with Crippen LogP contribution in [0.25, 0.3) is 0 Å². The molecule has 17 heavy (non-hydrogen) atoms. The molecule has 0 saturated carbocycles. The van der Waals surface area contributed by atoms with Crippen LogP contribution in [-0.4, -0.2) is 46.0 Å². The van der Waals surface area contributed by atoms with E-state index in [0.717, 1.165) is 18.1 Å². The van der Waals surface area contributed by atoms with Crippen molar-refractivity contribution in [1.82, 2.24) is 14.7 Å². The first-order valence-corrected chi connectivity index (χ1v) is 6.06. The third kappa shape index (κ3) is 3.20. The number of nitrogens with one attached hydrogen (secondary N) is 1. The lowest BCUT2D eigenvalue weighted by molar-refractivity contribution is 0.159. The van der Waals surface area contributed by atoms with E-state index >= 15 is 0 Å². The maximum Gasteiger partial charge on any atom is 0.128 e. The fraction of sp³-hybridized carbons (Fsp3) is 0.750. The summed E-state index contributed by atoms with van der Waals surface area (Å²) in [5, 5.41) is 16.7. The summed E-state index contributed by atoms with van der Waals surface area (Å²) in [5.74, 6) is 1.05. The van der Waals surface area contributed by atoms with E-state index in [9.17, 15) is 0 Å². The van der Waals surface area contributed by atoms with Gasteiger partial charge < -0.3 is 10.4 Å². The lowest BCUT2D eigenvalue weighted by atomic mass is 10.2. The molecule has 0 amide bonds. The summed E-state index contributed by atoms with van der Waals surface area (Å²) in [7, 11) is 3.85. The first-order chi connectivity index (χ1) is 8.01. The molecule has 0 spiro atoms. The summed E-state index contributed by atoms with van der Waals surface area (Å²) in [6.45, 7) is 7.99. The molecular weight excluding hydrogens is 216 g/mol. The first-order valence-electron chi connectivity index (χ1n) is 6.06. The van der Waals surface area contributed by atoms with Crippen LogP contribution < -0.4 is 5.32 Å². The number of hydrogen-bond acceptors (Lipinski definition) is 4. The summed E-state index contributed by atoms with van der Waals surface area (Å²) in [6, 6.07) is 0.409. The van der Waals surface area contributed by atoms with Gasteiger partial charge in [0.2, 0.25) is 0 Å². The summed E-state index contributed by atoms with van der Waals surface area (Å²) in [5.41, 5.74) is 2.25. The lowest BCUT2D eigenvalue weighted by Gasteiger charge is -2.25. The number of rotatable bonds is 6. The normalized spacial score (nSPS) is 11.5. The minimum Gasteiger partial charge on any atom is -0.395 e. The molecule has 0 saturated heterocycles. The third-order valence-electron chi connectivity index (χ3n) is 3.06. The molecule has 2 N–H and O–H groups in total. The maximum absolute atomic E-state index is 9.09. The van der Waals surface area contributed by atoms with Crippen LogP contribution in [0.15, 0.2) is 0 Å². The molecule has 0 aliphatic carbocycles. The smallest absolute Gasteiger partial charge is 0.128 e. The second-order valence-electron chi connectivity index (χ2n) is 4.57. The van der Waals surface area contributed by atoms with Gasteiger partial charge in [-0.3, -0.25) is 9.58 Å². The standard InChI is InChI=1S/C12H24N4O/c1-9(2)16(6-7-17)8-11-10(3)14-15(5)12(11)13-4/h9,13,17H,6-8H2,1-5H3. The fourth-order valence-corrected chi connectivity index (χ4v) is 2.06. The Morgan fingerprint density at radius 2 is 2.12 bits per heavy atom. The second kappa shape index (κ2) is 6.02. The number of aryl methyl sites for hydroxylation is 2. The summed E-state index contributed by atoms with van der Waals surface area (Å²) in [4.78, 5) is 2.24. The zero-order valence-corrected chi connectivity index (χ0v) is 11.5. The van der Waals surface area contributed by atoms with Gasteiger partial charge in [-0.15, -0.1) is 0 Å². The van der Waals surface area contributed by atoms with Gasteiger partial charge in [0, 0.05) is 38.8 Å². The molecule has 5 heteroatoms. The number of aliphatic hydroxyl groups excluding tert-OH is 1. The first kappa shape index (κ1) is 14.0. The van der Waals surface area contributed by atoms with Gasteiger partial charge >= 0.3 is 0 Å². The van der Waals surface area contributed by atoms with E-state index in [0.29, 0.717) is 12.6 Å². The molecule has 0 aliphatic heterocycles. The van der Waals surface area contributed by atoms with Crippen LogP contribution in [0.2, 0.25) is 0 Å². The highest BCUT2D eigenvalue weighted by Crippen LogP contribution is 2.20. The molecule has 0 radical (unpaired) electrons. The molecule has 0 atom stereocenters. The van der Waals surface area contributed by atoms with Gasteiger partial charge in [0.25, 0.3) is 0 Å². The molecular formula is C12H24N4O. The highest BCUT2D eigenvalue weighted by molar-refractivity contribution is 5.46. The van der Waals surface area contributed by atoms with Crippen LogP contribution in [0, 0.1) is 6.92 Å². The molecule has 98 valence electrons. The van der Waals surface area contributed by atoms with Crippen molar-refractivity contribution in [2.45, 2.75) is 33.4 Å². The van der Waals surface area contributed by atoms with Gasteiger partial charge in [-0.05, 0) is 20.8 Å². The summed E-state index contributed by atoms with van der Waals surface area (Å²) < 4.78 is 1.86. The van der Waals surface area contributed by atoms with Crippen molar-refractivity contribution in [2.75, 3.05) is 25.5 Å². The van der Waals surface area contributed by atoms with Gasteiger partial charge in [0.15, 0.2) is 0 Å². The minimum atomic E-state index is 0.187. The molecule has 1 aromatic rings. The topological polar surface area (TPSA) is 53.3 Å². The molecule has 1 rings (SSSR count). The van der Waals surface area contributed by atoms with Gasteiger partial charge in [-0.25, -0.2) is 0 Å². The number of anilines is 1. The van der Waals surface area contributed by atoms with Crippen molar-refractivity contribution in [2.24, 2.45) is 7.05 Å². The lowest BCUT2D eigenvalue weighted by Crippen LogP contribution is -2.33. The largest absolute Gasteiger partial charge is 0.395 e. The zero-order valence-electron chi connectivity index (χ0n) is 11.5. The molecule has 5 nitrogen and oxygen atoms in total. The van der Waals surface area contributed by atoms with Crippen molar-refractivity contribution in [3.8, 4) is 0 Å². The van der Waals surface area contributed by atoms with Crippen LogP contribution in [0.5, 0.6) is 0 Å². The highest BCUT2D eigenvalue weighted by atomic mass is 16.3. The van der Waals surface area contributed by atoms with Crippen molar-refractivity contribution >= 4 is 5.82 Å². The van der Waals surface area contributed by atoms with Gasteiger partial charge in [-0.1, -0.05) is 0 Å². The quantitative estimate of drug-likeness (QED) is 0.778. The SMILES string of the molecule is CNc1c(CN(CCO)C(C)C)c(C)nn1C. The Bertz CT molecular complexity index is 360. The monoisotopic (exact) mass is 240 g/mol.